The summed E-state index contributed by atoms with van der Waals surface area (Å²) in [5.74, 6) is -4.07. The quantitative estimate of drug-likeness (QED) is 0.832. The lowest BCUT2D eigenvalue weighted by atomic mass is 10.1. The van der Waals surface area contributed by atoms with Crippen molar-refractivity contribution in [3.8, 4) is 0 Å². The number of carboxylic acids is 1. The third-order valence-corrected chi connectivity index (χ3v) is 3.14. The van der Waals surface area contributed by atoms with E-state index in [1.165, 1.54) is 24.3 Å². The summed E-state index contributed by atoms with van der Waals surface area (Å²) in [6.07, 6.45) is 1.14. The normalized spacial score (nSPS) is 11.2. The number of halogens is 3. The predicted molar refractivity (Wildman–Crippen MR) is 82.2 cm³/mol. The maximum Gasteiger partial charge on any atom is 0.337 e. The lowest BCUT2D eigenvalue weighted by Crippen LogP contribution is -2.14. The van der Waals surface area contributed by atoms with Crippen molar-refractivity contribution in [3.63, 3.8) is 0 Å². The third-order valence-electron chi connectivity index (χ3n) is 2.86. The highest BCUT2D eigenvalue weighted by Gasteiger charge is 2.14. The number of aromatic carboxylic acids is 1. The first-order valence-corrected chi connectivity index (χ1v) is 6.72. The van der Waals surface area contributed by atoms with E-state index in [0.717, 1.165) is 18.2 Å². The van der Waals surface area contributed by atoms with Gasteiger partial charge in [-0.25, -0.2) is 13.6 Å². The summed E-state index contributed by atoms with van der Waals surface area (Å²) in [4.78, 5) is 23.0. The van der Waals surface area contributed by atoms with Crippen LogP contribution in [0.25, 0.3) is 6.08 Å². The molecule has 2 rings (SSSR count). The molecule has 0 unspecified atom stereocenters. The van der Waals surface area contributed by atoms with E-state index in [1.54, 1.807) is 6.07 Å². The van der Waals surface area contributed by atoms with Crippen LogP contribution >= 0.6 is 11.6 Å². The topological polar surface area (TPSA) is 66.4 Å². The summed E-state index contributed by atoms with van der Waals surface area (Å²) in [7, 11) is 0. The molecule has 0 radical (unpaired) electrons. The van der Waals surface area contributed by atoms with Crippen molar-refractivity contribution in [2.75, 3.05) is 5.32 Å². The van der Waals surface area contributed by atoms with Crippen LogP contribution in [-0.4, -0.2) is 17.0 Å². The number of hydrogen-bond donors (Lipinski definition) is 2. The van der Waals surface area contributed by atoms with Crippen LogP contribution in [0.1, 0.15) is 15.9 Å². The number of carbonyl (C=O) groups is 2. The summed E-state index contributed by atoms with van der Waals surface area (Å²) in [6.45, 7) is 0. The monoisotopic (exact) mass is 337 g/mol. The van der Waals surface area contributed by atoms with Gasteiger partial charge in [0.15, 0.2) is 11.6 Å². The zero-order chi connectivity index (χ0) is 17.0. The number of carboxylic acid groups (broad SMARTS) is 1. The summed E-state index contributed by atoms with van der Waals surface area (Å²) < 4.78 is 25.9. The van der Waals surface area contributed by atoms with Gasteiger partial charge in [-0.15, -0.1) is 0 Å². The van der Waals surface area contributed by atoms with Crippen molar-refractivity contribution in [3.05, 3.63) is 70.3 Å². The fourth-order valence-corrected chi connectivity index (χ4v) is 1.95. The van der Waals surface area contributed by atoms with E-state index in [-0.39, 0.29) is 21.8 Å². The highest BCUT2D eigenvalue weighted by Crippen LogP contribution is 2.19. The molecule has 2 aromatic rings. The van der Waals surface area contributed by atoms with E-state index in [0.29, 0.717) is 0 Å². The van der Waals surface area contributed by atoms with Crippen LogP contribution in [0, 0.1) is 11.6 Å². The van der Waals surface area contributed by atoms with Gasteiger partial charge in [-0.1, -0.05) is 29.8 Å². The molecule has 0 spiro atoms. The van der Waals surface area contributed by atoms with E-state index < -0.39 is 23.5 Å². The smallest absolute Gasteiger partial charge is 0.337 e. The largest absolute Gasteiger partial charge is 0.478 e. The Hall–Kier alpha value is -2.73. The van der Waals surface area contributed by atoms with Crippen LogP contribution < -0.4 is 5.32 Å². The van der Waals surface area contributed by atoms with E-state index in [9.17, 15) is 18.4 Å². The van der Waals surface area contributed by atoms with Crippen molar-refractivity contribution in [1.29, 1.82) is 0 Å². The number of para-hydroxylation sites is 1. The average Bonchev–Trinajstić information content (AvgIpc) is 2.51. The zero-order valence-electron chi connectivity index (χ0n) is 11.5. The number of hydrogen-bond acceptors (Lipinski definition) is 2. The van der Waals surface area contributed by atoms with Gasteiger partial charge in [0.2, 0.25) is 0 Å². The molecule has 2 aromatic carbocycles. The number of anilines is 1. The van der Waals surface area contributed by atoms with Crippen molar-refractivity contribution in [2.24, 2.45) is 0 Å². The second kappa shape index (κ2) is 7.02. The maximum atomic E-state index is 13.1. The minimum atomic E-state index is -1.21. The molecule has 0 aliphatic carbocycles. The number of amides is 1. The molecule has 0 bridgehead atoms. The first-order chi connectivity index (χ1) is 10.9. The molecule has 1 amide bonds. The van der Waals surface area contributed by atoms with Gasteiger partial charge in [0, 0.05) is 0 Å². The van der Waals surface area contributed by atoms with Gasteiger partial charge in [-0.3, -0.25) is 4.79 Å². The fourth-order valence-electron chi connectivity index (χ4n) is 1.77. The average molecular weight is 338 g/mol. The first-order valence-electron chi connectivity index (χ1n) is 6.34. The van der Waals surface area contributed by atoms with Crippen LogP contribution in [0.5, 0.6) is 0 Å². The highest BCUT2D eigenvalue weighted by molar-refractivity contribution is 6.45. The minimum absolute atomic E-state index is 0.0711. The molecule has 0 aliphatic heterocycles. The minimum Gasteiger partial charge on any atom is -0.478 e. The lowest BCUT2D eigenvalue weighted by molar-refractivity contribution is -0.112. The Morgan fingerprint density at radius 3 is 2.43 bits per heavy atom. The molecule has 4 nitrogen and oxygen atoms in total. The number of benzene rings is 2. The van der Waals surface area contributed by atoms with Crippen LogP contribution in [0.2, 0.25) is 0 Å². The Bertz CT molecular complexity index is 806. The van der Waals surface area contributed by atoms with Gasteiger partial charge in [-0.05, 0) is 35.9 Å². The standard InChI is InChI=1S/C16H10ClF2NO3/c17-11(7-9-5-6-12(18)13(19)8-9)15(21)20-14-4-2-1-3-10(14)16(22)23/h1-8H,(H,20,21)(H,22,23). The zero-order valence-corrected chi connectivity index (χ0v) is 12.3. The summed E-state index contributed by atoms with van der Waals surface area (Å²) >= 11 is 5.83. The number of rotatable bonds is 4. The Morgan fingerprint density at radius 2 is 1.78 bits per heavy atom. The molecule has 7 heteroatoms. The van der Waals surface area contributed by atoms with Gasteiger partial charge in [0.25, 0.3) is 5.91 Å². The molecule has 0 aliphatic rings. The van der Waals surface area contributed by atoms with Gasteiger partial charge in [0.1, 0.15) is 5.03 Å². The Labute approximate surface area is 135 Å². The van der Waals surface area contributed by atoms with Crippen LogP contribution in [0.15, 0.2) is 47.5 Å². The second-order valence-electron chi connectivity index (χ2n) is 4.47. The molecule has 23 heavy (non-hydrogen) atoms. The maximum absolute atomic E-state index is 13.1. The predicted octanol–water partition coefficient (Wildman–Crippen LogP) is 3.88. The molecule has 0 atom stereocenters. The summed E-state index contributed by atoms with van der Waals surface area (Å²) in [5.41, 5.74) is 0.163. The fraction of sp³-hybridized carbons (Fsp3) is 0. The Morgan fingerprint density at radius 1 is 1.09 bits per heavy atom. The second-order valence-corrected chi connectivity index (χ2v) is 4.88. The van der Waals surface area contributed by atoms with E-state index >= 15 is 0 Å². The van der Waals surface area contributed by atoms with Gasteiger partial charge in [-0.2, -0.15) is 0 Å². The van der Waals surface area contributed by atoms with Crippen molar-refractivity contribution in [2.45, 2.75) is 0 Å². The van der Waals surface area contributed by atoms with E-state index in [1.807, 2.05) is 0 Å². The SMILES string of the molecule is O=C(Nc1ccccc1C(=O)O)C(Cl)=Cc1ccc(F)c(F)c1. The highest BCUT2D eigenvalue weighted by atomic mass is 35.5. The molecule has 0 saturated heterocycles. The molecule has 118 valence electrons. The number of nitrogens with one attached hydrogen (secondary N) is 1. The number of carbonyl (C=O) groups excluding carboxylic acids is 1. The van der Waals surface area contributed by atoms with Gasteiger partial charge in [0.05, 0.1) is 11.3 Å². The molecule has 2 N–H and O–H groups in total. The molecular weight excluding hydrogens is 328 g/mol. The van der Waals surface area contributed by atoms with Crippen molar-refractivity contribution >= 4 is 35.2 Å². The van der Waals surface area contributed by atoms with Crippen molar-refractivity contribution in [1.82, 2.24) is 0 Å². The summed E-state index contributed by atoms with van der Waals surface area (Å²) in [6, 6.07) is 8.83. The molecular formula is C16H10ClF2NO3. The van der Waals surface area contributed by atoms with E-state index in [4.69, 9.17) is 16.7 Å². The van der Waals surface area contributed by atoms with E-state index in [2.05, 4.69) is 5.32 Å². The van der Waals surface area contributed by atoms with Gasteiger partial charge < -0.3 is 10.4 Å². The Kier molecular flexibility index (Phi) is 5.08. The molecule has 0 saturated carbocycles. The van der Waals surface area contributed by atoms with Crippen molar-refractivity contribution < 1.29 is 23.5 Å². The molecule has 0 heterocycles. The summed E-state index contributed by atoms with van der Waals surface area (Å²) in [5, 5.41) is 11.1. The third kappa shape index (κ3) is 4.14. The van der Waals surface area contributed by atoms with Gasteiger partial charge >= 0.3 is 5.97 Å². The van der Waals surface area contributed by atoms with Crippen LogP contribution in [0.3, 0.4) is 0 Å². The first kappa shape index (κ1) is 16.6. The van der Waals surface area contributed by atoms with Crippen LogP contribution in [0.4, 0.5) is 14.5 Å². The Balaban J connectivity index is 2.22. The van der Waals surface area contributed by atoms with Crippen LogP contribution in [-0.2, 0) is 4.79 Å². The molecule has 0 fully saturated rings. The molecule has 0 aromatic heterocycles. The lowest BCUT2D eigenvalue weighted by Gasteiger charge is -2.07.